The van der Waals surface area contributed by atoms with Crippen molar-refractivity contribution in [1.82, 2.24) is 4.90 Å². The number of carbonyl (C=O) groups excluding carboxylic acids is 1. The number of likely N-dealkylation sites (tertiary alicyclic amines) is 1. The Morgan fingerprint density at radius 2 is 2.37 bits per heavy atom. The van der Waals surface area contributed by atoms with Crippen LogP contribution in [0.5, 0.6) is 0 Å². The molecule has 0 aromatic rings. The molecular weight excluding hydrogens is 260 g/mol. The Kier molecular flexibility index (Phi) is 3.73. The maximum atomic E-state index is 12.4. The van der Waals surface area contributed by atoms with Crippen molar-refractivity contribution in [3.05, 3.63) is 23.4 Å². The van der Waals surface area contributed by atoms with Crippen LogP contribution >= 0.6 is 11.6 Å². The Hall–Kier alpha value is -1.27. The van der Waals surface area contributed by atoms with Crippen LogP contribution in [0.3, 0.4) is 0 Å². The number of fused-ring (bicyclic) bond motifs is 1. The van der Waals surface area contributed by atoms with Gasteiger partial charge in [-0.3, -0.25) is 4.79 Å². The molecule has 2 aliphatic rings. The maximum absolute atomic E-state index is 12.4. The summed E-state index contributed by atoms with van der Waals surface area (Å²) in [4.78, 5) is 14.2. The quantitative estimate of drug-likeness (QED) is 0.728. The minimum atomic E-state index is -0.480. The third-order valence-corrected chi connectivity index (χ3v) is 4.57. The second kappa shape index (κ2) is 5.02. The largest absolute Gasteiger partial charge is 0.314 e. The van der Waals surface area contributed by atoms with E-state index in [1.807, 2.05) is 19.1 Å². The molecule has 2 atom stereocenters. The topological polar surface area (TPSA) is 44.1 Å². The summed E-state index contributed by atoms with van der Waals surface area (Å²) in [5.74, 6) is 0.263. The molecule has 0 saturated carbocycles. The van der Waals surface area contributed by atoms with Gasteiger partial charge < -0.3 is 4.90 Å². The average molecular weight is 279 g/mol. The van der Waals surface area contributed by atoms with E-state index in [-0.39, 0.29) is 11.3 Å². The smallest absolute Gasteiger partial charge is 0.244 e. The molecular formula is C15H19ClN2O. The van der Waals surface area contributed by atoms with Crippen LogP contribution in [0.2, 0.25) is 0 Å². The van der Waals surface area contributed by atoms with Crippen molar-refractivity contribution in [2.24, 2.45) is 11.3 Å². The lowest BCUT2D eigenvalue weighted by Crippen LogP contribution is -2.35. The fourth-order valence-corrected chi connectivity index (χ4v) is 3.02. The van der Waals surface area contributed by atoms with Crippen molar-refractivity contribution in [3.8, 4) is 6.07 Å². The van der Waals surface area contributed by atoms with E-state index in [9.17, 15) is 4.79 Å². The van der Waals surface area contributed by atoms with E-state index in [0.29, 0.717) is 24.5 Å². The zero-order valence-corrected chi connectivity index (χ0v) is 12.4. The van der Waals surface area contributed by atoms with Crippen molar-refractivity contribution in [2.45, 2.75) is 39.0 Å². The Labute approximate surface area is 119 Å². The molecule has 0 radical (unpaired) electrons. The molecule has 1 heterocycles. The zero-order valence-electron chi connectivity index (χ0n) is 11.6. The maximum Gasteiger partial charge on any atom is 0.244 e. The van der Waals surface area contributed by atoms with Gasteiger partial charge in [0, 0.05) is 23.7 Å². The van der Waals surface area contributed by atoms with Crippen molar-refractivity contribution in [2.75, 3.05) is 6.54 Å². The second-order valence-corrected chi connectivity index (χ2v) is 6.44. The van der Waals surface area contributed by atoms with E-state index in [0.717, 1.165) is 12.1 Å². The Bertz CT molecular complexity index is 499. The number of alkyl halides is 1. The highest BCUT2D eigenvalue weighted by Gasteiger charge is 2.46. The van der Waals surface area contributed by atoms with Gasteiger partial charge in [-0.15, -0.1) is 11.6 Å². The number of carbonyl (C=O) groups is 1. The molecule has 0 spiro atoms. The predicted octanol–water partition coefficient (Wildman–Crippen LogP) is 3.23. The molecule has 19 heavy (non-hydrogen) atoms. The molecule has 0 N–H and O–H groups in total. The molecule has 2 rings (SSSR count). The second-order valence-electron chi connectivity index (χ2n) is 5.92. The Morgan fingerprint density at radius 1 is 1.68 bits per heavy atom. The molecule has 3 nitrogen and oxygen atoms in total. The molecule has 0 aromatic heterocycles. The summed E-state index contributed by atoms with van der Waals surface area (Å²) in [5, 5.41) is 8.55. The Morgan fingerprint density at radius 3 is 2.95 bits per heavy atom. The first-order valence-electron chi connectivity index (χ1n) is 6.68. The normalized spacial score (nSPS) is 26.1. The number of halogens is 1. The standard InChI is InChI=1S/C15H19ClN2O/c1-4-12(16)14(19)18-9-15(2,3)11-6-5-10(8-17)7-13(11)18/h5,7,11-12H,4,6,9H2,1-3H3/t11-,12?/m0/s1. The summed E-state index contributed by atoms with van der Waals surface area (Å²) in [7, 11) is 0. The van der Waals surface area contributed by atoms with E-state index < -0.39 is 5.38 Å². The van der Waals surface area contributed by atoms with Crippen molar-refractivity contribution < 1.29 is 4.79 Å². The van der Waals surface area contributed by atoms with E-state index in [4.69, 9.17) is 16.9 Å². The van der Waals surface area contributed by atoms with Gasteiger partial charge in [-0.05, 0) is 24.3 Å². The van der Waals surface area contributed by atoms with Gasteiger partial charge in [-0.2, -0.15) is 5.26 Å². The van der Waals surface area contributed by atoms with Crippen LogP contribution in [-0.2, 0) is 4.79 Å². The van der Waals surface area contributed by atoms with Crippen LogP contribution in [0.25, 0.3) is 0 Å². The molecule has 1 unspecified atom stereocenters. The first-order chi connectivity index (χ1) is 8.90. The van der Waals surface area contributed by atoms with Crippen molar-refractivity contribution in [1.29, 1.82) is 5.26 Å². The lowest BCUT2D eigenvalue weighted by molar-refractivity contribution is -0.128. The van der Waals surface area contributed by atoms with E-state index in [1.165, 1.54) is 0 Å². The SMILES string of the molecule is CCC(Cl)C(=O)N1CC(C)(C)[C@H]2CC=C(C#N)C=C21. The first-order valence-corrected chi connectivity index (χ1v) is 7.11. The number of hydrogen-bond donors (Lipinski definition) is 0. The van der Waals surface area contributed by atoms with Gasteiger partial charge >= 0.3 is 0 Å². The summed E-state index contributed by atoms with van der Waals surface area (Å²) < 4.78 is 0. The third-order valence-electron chi connectivity index (χ3n) is 4.08. The number of hydrogen-bond acceptors (Lipinski definition) is 2. The van der Waals surface area contributed by atoms with E-state index in [2.05, 4.69) is 19.9 Å². The average Bonchev–Trinajstić information content (AvgIpc) is 2.68. The molecule has 1 fully saturated rings. The van der Waals surface area contributed by atoms with Crippen LogP contribution < -0.4 is 0 Å². The van der Waals surface area contributed by atoms with Crippen LogP contribution in [0.4, 0.5) is 0 Å². The molecule has 102 valence electrons. The minimum absolute atomic E-state index is 0.0311. The minimum Gasteiger partial charge on any atom is -0.314 e. The van der Waals surface area contributed by atoms with Gasteiger partial charge in [0.25, 0.3) is 0 Å². The van der Waals surface area contributed by atoms with Crippen LogP contribution in [-0.4, -0.2) is 22.7 Å². The highest BCUT2D eigenvalue weighted by atomic mass is 35.5. The van der Waals surface area contributed by atoms with Crippen LogP contribution in [0.1, 0.15) is 33.6 Å². The van der Waals surface area contributed by atoms with Gasteiger partial charge in [-0.25, -0.2) is 0 Å². The molecule has 1 amide bonds. The number of nitrogens with zero attached hydrogens (tertiary/aromatic N) is 2. The Balaban J connectivity index is 2.35. The molecule has 1 aliphatic carbocycles. The molecule has 1 saturated heterocycles. The zero-order chi connectivity index (χ0) is 14.2. The molecule has 0 bridgehead atoms. The van der Waals surface area contributed by atoms with Crippen molar-refractivity contribution in [3.63, 3.8) is 0 Å². The van der Waals surface area contributed by atoms with Gasteiger partial charge in [-0.1, -0.05) is 26.8 Å². The van der Waals surface area contributed by atoms with Gasteiger partial charge in [0.2, 0.25) is 5.91 Å². The highest BCUT2D eigenvalue weighted by molar-refractivity contribution is 6.30. The molecule has 0 aromatic carbocycles. The van der Waals surface area contributed by atoms with E-state index >= 15 is 0 Å². The number of allylic oxidation sites excluding steroid dienone is 4. The first kappa shape index (κ1) is 14.1. The third kappa shape index (κ3) is 2.42. The lowest BCUT2D eigenvalue weighted by Gasteiger charge is -2.26. The van der Waals surface area contributed by atoms with Gasteiger partial charge in [0.1, 0.15) is 5.38 Å². The molecule has 4 heteroatoms. The fraction of sp³-hybridized carbons (Fsp3) is 0.600. The summed E-state index contributed by atoms with van der Waals surface area (Å²) in [6.07, 6.45) is 5.25. The summed E-state index contributed by atoms with van der Waals surface area (Å²) in [5.41, 5.74) is 1.64. The number of nitriles is 1. The van der Waals surface area contributed by atoms with Crippen molar-refractivity contribution >= 4 is 17.5 Å². The fourth-order valence-electron chi connectivity index (χ4n) is 2.91. The number of amides is 1. The lowest BCUT2D eigenvalue weighted by atomic mass is 9.76. The number of rotatable bonds is 2. The van der Waals surface area contributed by atoms with E-state index in [1.54, 1.807) is 4.90 Å². The van der Waals surface area contributed by atoms with Crippen LogP contribution in [0, 0.1) is 22.7 Å². The summed E-state index contributed by atoms with van der Waals surface area (Å²) >= 11 is 6.09. The monoisotopic (exact) mass is 278 g/mol. The van der Waals surface area contributed by atoms with Gasteiger partial charge in [0.05, 0.1) is 6.07 Å². The van der Waals surface area contributed by atoms with Crippen LogP contribution in [0.15, 0.2) is 23.4 Å². The predicted molar refractivity (Wildman–Crippen MR) is 75.3 cm³/mol. The highest BCUT2D eigenvalue weighted by Crippen LogP contribution is 2.47. The van der Waals surface area contributed by atoms with Gasteiger partial charge in [0.15, 0.2) is 0 Å². The summed E-state index contributed by atoms with van der Waals surface area (Å²) in [6.45, 7) is 6.92. The summed E-state index contributed by atoms with van der Waals surface area (Å²) in [6, 6.07) is 2.16. The molecule has 1 aliphatic heterocycles.